The van der Waals surface area contributed by atoms with Gasteiger partial charge in [-0.2, -0.15) is 0 Å². The second-order valence-electron chi connectivity index (χ2n) is 7.32. The standard InChI is InChI=1S/C22H33N5OS.HI/c1-4-23-21(24-11-9-18-15-17(2)7-8-20(18)28-3)25-12-10-19-16-29-22(26-19)27-13-5-6-14-27;/h7-8,15-16H,4-6,9-14H2,1-3H3,(H2,23,24,25);1H. The number of anilines is 1. The molecule has 6 nitrogen and oxygen atoms in total. The number of halogens is 1. The van der Waals surface area contributed by atoms with Gasteiger partial charge in [0, 0.05) is 44.5 Å². The van der Waals surface area contributed by atoms with Crippen LogP contribution in [0, 0.1) is 6.92 Å². The van der Waals surface area contributed by atoms with E-state index in [1.54, 1.807) is 18.4 Å². The van der Waals surface area contributed by atoms with E-state index in [0.29, 0.717) is 0 Å². The minimum absolute atomic E-state index is 0. The van der Waals surface area contributed by atoms with Crippen molar-refractivity contribution in [3.8, 4) is 5.75 Å². The van der Waals surface area contributed by atoms with Crippen LogP contribution in [0.3, 0.4) is 0 Å². The molecule has 1 aromatic heterocycles. The maximum absolute atomic E-state index is 5.48. The van der Waals surface area contributed by atoms with Crippen molar-refractivity contribution in [1.29, 1.82) is 0 Å². The number of hydrogen-bond acceptors (Lipinski definition) is 5. The highest BCUT2D eigenvalue weighted by Gasteiger charge is 2.15. The fourth-order valence-corrected chi connectivity index (χ4v) is 4.42. The smallest absolute Gasteiger partial charge is 0.191 e. The Kier molecular flexibility index (Phi) is 10.7. The van der Waals surface area contributed by atoms with Crippen LogP contribution in [-0.2, 0) is 12.8 Å². The molecule has 3 rings (SSSR count). The van der Waals surface area contributed by atoms with E-state index in [1.165, 1.54) is 29.1 Å². The Hall–Kier alpha value is -1.55. The van der Waals surface area contributed by atoms with Crippen molar-refractivity contribution in [2.45, 2.75) is 39.5 Å². The van der Waals surface area contributed by atoms with Crippen LogP contribution in [0.15, 0.2) is 28.6 Å². The Bertz CT molecular complexity index is 805. The van der Waals surface area contributed by atoms with Gasteiger partial charge in [-0.05, 0) is 44.7 Å². The molecule has 8 heteroatoms. The monoisotopic (exact) mass is 543 g/mol. The Balaban J connectivity index is 0.00000320. The molecule has 30 heavy (non-hydrogen) atoms. The molecule has 1 aromatic carbocycles. The normalized spacial score (nSPS) is 13.8. The highest BCUT2D eigenvalue weighted by atomic mass is 127. The third-order valence-corrected chi connectivity index (χ3v) is 5.97. The van der Waals surface area contributed by atoms with Gasteiger partial charge >= 0.3 is 0 Å². The molecular weight excluding hydrogens is 509 g/mol. The van der Waals surface area contributed by atoms with Crippen LogP contribution in [-0.4, -0.2) is 50.8 Å². The number of methoxy groups -OCH3 is 1. The molecule has 0 atom stereocenters. The number of aliphatic imine (C=N–C) groups is 1. The first kappa shape index (κ1) is 24.7. The summed E-state index contributed by atoms with van der Waals surface area (Å²) in [4.78, 5) is 11.9. The quantitative estimate of drug-likeness (QED) is 0.284. The SMILES string of the molecule is CCNC(=NCCc1csc(N2CCCC2)n1)NCCc1cc(C)ccc1OC.I. The highest BCUT2D eigenvalue weighted by molar-refractivity contribution is 14.0. The molecule has 2 heterocycles. The summed E-state index contributed by atoms with van der Waals surface area (Å²) < 4.78 is 5.48. The zero-order valence-corrected chi connectivity index (χ0v) is 21.4. The van der Waals surface area contributed by atoms with Gasteiger partial charge in [0.15, 0.2) is 11.1 Å². The number of guanidine groups is 1. The summed E-state index contributed by atoms with van der Waals surface area (Å²) in [5.41, 5.74) is 3.60. The lowest BCUT2D eigenvalue weighted by atomic mass is 10.1. The number of thiazole rings is 1. The average Bonchev–Trinajstić information content (AvgIpc) is 3.40. The van der Waals surface area contributed by atoms with E-state index < -0.39 is 0 Å². The lowest BCUT2D eigenvalue weighted by molar-refractivity contribution is 0.409. The zero-order chi connectivity index (χ0) is 20.5. The van der Waals surface area contributed by atoms with Crippen LogP contribution in [0.1, 0.15) is 36.6 Å². The van der Waals surface area contributed by atoms with Gasteiger partial charge in [0.05, 0.1) is 12.8 Å². The second-order valence-corrected chi connectivity index (χ2v) is 8.15. The molecule has 1 fully saturated rings. The Morgan fingerprint density at radius 2 is 2.03 bits per heavy atom. The maximum Gasteiger partial charge on any atom is 0.191 e. The Labute approximate surface area is 201 Å². The summed E-state index contributed by atoms with van der Waals surface area (Å²) in [5, 5.41) is 10.1. The summed E-state index contributed by atoms with van der Waals surface area (Å²) in [5.74, 6) is 1.80. The largest absolute Gasteiger partial charge is 0.496 e. The first-order valence-corrected chi connectivity index (χ1v) is 11.4. The van der Waals surface area contributed by atoms with Crippen LogP contribution in [0.4, 0.5) is 5.13 Å². The number of ether oxygens (including phenoxy) is 1. The van der Waals surface area contributed by atoms with Crippen molar-refractivity contribution in [3.05, 3.63) is 40.4 Å². The minimum atomic E-state index is 0. The number of nitrogens with zero attached hydrogens (tertiary/aromatic N) is 3. The van der Waals surface area contributed by atoms with Crippen molar-refractivity contribution >= 4 is 46.4 Å². The summed E-state index contributed by atoms with van der Waals surface area (Å²) in [6, 6.07) is 6.30. The minimum Gasteiger partial charge on any atom is -0.496 e. The van der Waals surface area contributed by atoms with Gasteiger partial charge in [0.1, 0.15) is 5.75 Å². The lowest BCUT2D eigenvalue weighted by Gasteiger charge is -2.13. The van der Waals surface area contributed by atoms with E-state index in [9.17, 15) is 0 Å². The average molecular weight is 544 g/mol. The Morgan fingerprint density at radius 3 is 2.77 bits per heavy atom. The summed E-state index contributed by atoms with van der Waals surface area (Å²) in [6.07, 6.45) is 4.32. The summed E-state index contributed by atoms with van der Waals surface area (Å²) in [7, 11) is 1.72. The van der Waals surface area contributed by atoms with Gasteiger partial charge in [0.2, 0.25) is 0 Å². The molecule has 0 saturated carbocycles. The highest BCUT2D eigenvalue weighted by Crippen LogP contribution is 2.24. The van der Waals surface area contributed by atoms with Crippen molar-refractivity contribution in [1.82, 2.24) is 15.6 Å². The van der Waals surface area contributed by atoms with E-state index in [2.05, 4.69) is 46.9 Å². The maximum atomic E-state index is 5.48. The van der Waals surface area contributed by atoms with E-state index in [0.717, 1.165) is 63.0 Å². The van der Waals surface area contributed by atoms with Crippen molar-refractivity contribution in [2.24, 2.45) is 4.99 Å². The van der Waals surface area contributed by atoms with Gasteiger partial charge < -0.3 is 20.3 Å². The molecule has 0 radical (unpaired) electrons. The lowest BCUT2D eigenvalue weighted by Crippen LogP contribution is -2.38. The van der Waals surface area contributed by atoms with Crippen molar-refractivity contribution < 1.29 is 4.74 Å². The van der Waals surface area contributed by atoms with Gasteiger partial charge in [-0.1, -0.05) is 17.7 Å². The predicted molar refractivity (Wildman–Crippen MR) is 138 cm³/mol. The molecule has 1 aliphatic heterocycles. The molecule has 0 unspecified atom stereocenters. The molecule has 166 valence electrons. The molecule has 1 aliphatic rings. The molecule has 2 N–H and O–H groups in total. The first-order chi connectivity index (χ1) is 14.2. The summed E-state index contributed by atoms with van der Waals surface area (Å²) in [6.45, 7) is 8.86. The number of nitrogens with one attached hydrogen (secondary N) is 2. The number of aromatic nitrogens is 1. The number of hydrogen-bond donors (Lipinski definition) is 2. The molecule has 2 aromatic rings. The third-order valence-electron chi connectivity index (χ3n) is 5.02. The fraction of sp³-hybridized carbons (Fsp3) is 0.545. The Morgan fingerprint density at radius 1 is 1.23 bits per heavy atom. The first-order valence-electron chi connectivity index (χ1n) is 10.5. The van der Waals surface area contributed by atoms with Crippen LogP contribution in [0.5, 0.6) is 5.75 Å². The molecular formula is C22H34IN5OS. The van der Waals surface area contributed by atoms with Gasteiger partial charge in [-0.3, -0.25) is 4.99 Å². The molecule has 0 bridgehead atoms. The van der Waals surface area contributed by atoms with Crippen LogP contribution < -0.4 is 20.3 Å². The van der Waals surface area contributed by atoms with E-state index >= 15 is 0 Å². The topological polar surface area (TPSA) is 61.8 Å². The zero-order valence-electron chi connectivity index (χ0n) is 18.2. The van der Waals surface area contributed by atoms with Crippen LogP contribution in [0.25, 0.3) is 0 Å². The predicted octanol–water partition coefficient (Wildman–Crippen LogP) is 4.02. The van der Waals surface area contributed by atoms with E-state index in [-0.39, 0.29) is 24.0 Å². The van der Waals surface area contributed by atoms with E-state index in [4.69, 9.17) is 14.7 Å². The van der Waals surface area contributed by atoms with Gasteiger partial charge in [-0.15, -0.1) is 35.3 Å². The van der Waals surface area contributed by atoms with Gasteiger partial charge in [0.25, 0.3) is 0 Å². The van der Waals surface area contributed by atoms with Crippen LogP contribution >= 0.6 is 35.3 Å². The molecule has 0 amide bonds. The summed E-state index contributed by atoms with van der Waals surface area (Å²) >= 11 is 1.76. The molecule has 1 saturated heterocycles. The van der Waals surface area contributed by atoms with E-state index in [1.807, 2.05) is 6.07 Å². The van der Waals surface area contributed by atoms with Crippen molar-refractivity contribution in [3.63, 3.8) is 0 Å². The van der Waals surface area contributed by atoms with Crippen molar-refractivity contribution in [2.75, 3.05) is 44.7 Å². The fourth-order valence-electron chi connectivity index (χ4n) is 3.51. The molecule has 0 spiro atoms. The number of rotatable bonds is 9. The van der Waals surface area contributed by atoms with Gasteiger partial charge in [-0.25, -0.2) is 4.98 Å². The third kappa shape index (κ3) is 7.30. The number of benzene rings is 1. The second kappa shape index (κ2) is 13.0. The number of aryl methyl sites for hydroxylation is 1. The van der Waals surface area contributed by atoms with Crippen LogP contribution in [0.2, 0.25) is 0 Å². The molecule has 0 aliphatic carbocycles.